The van der Waals surface area contributed by atoms with Crippen molar-refractivity contribution in [3.05, 3.63) is 84.9 Å². The van der Waals surface area contributed by atoms with Gasteiger partial charge in [0.25, 0.3) is 0 Å². The zero-order valence-electron chi connectivity index (χ0n) is 10.0. The molecule has 2 aromatic rings. The van der Waals surface area contributed by atoms with Crippen molar-refractivity contribution in [2.45, 2.75) is 0 Å². The molecule has 0 saturated heterocycles. The van der Waals surface area contributed by atoms with Gasteiger partial charge in [-0.2, -0.15) is 0 Å². The molecule has 0 heterocycles. The second-order valence-electron chi connectivity index (χ2n) is 3.39. The minimum absolute atomic E-state index is 0.427. The van der Waals surface area contributed by atoms with Crippen molar-refractivity contribution in [3.8, 4) is 0 Å². The molecule has 0 saturated carbocycles. The molecule has 0 unspecified atom stereocenters. The van der Waals surface area contributed by atoms with E-state index >= 15 is 0 Å². The molecule has 90 valence electrons. The standard InChI is InChI=1S/C14H10O2.C2H4/c15-13(11-7-3-1-4-8-11)14(16)12-9-5-2-6-10-12;1-2/h1-10H;1-2H2. The van der Waals surface area contributed by atoms with Crippen LogP contribution in [0.1, 0.15) is 20.7 Å². The summed E-state index contributed by atoms with van der Waals surface area (Å²) in [6.45, 7) is 6.00. The summed E-state index contributed by atoms with van der Waals surface area (Å²) >= 11 is 0. The van der Waals surface area contributed by atoms with Gasteiger partial charge >= 0.3 is 0 Å². The van der Waals surface area contributed by atoms with Crippen molar-refractivity contribution >= 4 is 11.6 Å². The zero-order valence-corrected chi connectivity index (χ0v) is 10.0. The number of carbonyl (C=O) groups is 2. The Morgan fingerprint density at radius 2 is 0.889 bits per heavy atom. The molecule has 0 N–H and O–H groups in total. The molecule has 0 amide bonds. The number of hydrogen-bond donors (Lipinski definition) is 0. The van der Waals surface area contributed by atoms with Crippen LogP contribution in [0.2, 0.25) is 0 Å². The van der Waals surface area contributed by atoms with Crippen molar-refractivity contribution in [3.63, 3.8) is 0 Å². The lowest BCUT2D eigenvalue weighted by Crippen LogP contribution is -2.14. The molecule has 0 bridgehead atoms. The van der Waals surface area contributed by atoms with Crippen LogP contribution in [0.5, 0.6) is 0 Å². The first-order valence-corrected chi connectivity index (χ1v) is 5.48. The maximum absolute atomic E-state index is 11.8. The monoisotopic (exact) mass is 238 g/mol. The lowest BCUT2D eigenvalue weighted by Gasteiger charge is -1.99. The Balaban J connectivity index is 0.000000771. The smallest absolute Gasteiger partial charge is 0.233 e. The fourth-order valence-electron chi connectivity index (χ4n) is 1.44. The van der Waals surface area contributed by atoms with Crippen LogP contribution in [0.25, 0.3) is 0 Å². The normalized spacial score (nSPS) is 8.89. The minimum Gasteiger partial charge on any atom is -0.285 e. The van der Waals surface area contributed by atoms with E-state index in [4.69, 9.17) is 0 Å². The fraction of sp³-hybridized carbons (Fsp3) is 0. The second kappa shape index (κ2) is 6.97. The van der Waals surface area contributed by atoms with Gasteiger partial charge in [-0.05, 0) is 0 Å². The molecule has 2 rings (SSSR count). The average molecular weight is 238 g/mol. The molecule has 2 nitrogen and oxygen atoms in total. The van der Waals surface area contributed by atoms with Gasteiger partial charge in [0.2, 0.25) is 11.6 Å². The quantitative estimate of drug-likeness (QED) is 0.465. The Hall–Kier alpha value is -2.48. The van der Waals surface area contributed by atoms with E-state index in [0.717, 1.165) is 0 Å². The summed E-state index contributed by atoms with van der Waals surface area (Å²) in [4.78, 5) is 23.6. The van der Waals surface area contributed by atoms with E-state index in [2.05, 4.69) is 13.2 Å². The molecular weight excluding hydrogens is 224 g/mol. The lowest BCUT2D eigenvalue weighted by molar-refractivity contribution is 0.0817. The number of carbonyl (C=O) groups excluding carboxylic acids is 2. The predicted molar refractivity (Wildman–Crippen MR) is 72.8 cm³/mol. The maximum Gasteiger partial charge on any atom is 0.233 e. The van der Waals surface area contributed by atoms with Crippen LogP contribution in [0, 0.1) is 0 Å². The number of Topliss-reactive ketones (excluding diaryl/α,β-unsaturated/α-hetero) is 2. The Bertz CT molecular complexity index is 466. The third kappa shape index (κ3) is 3.25. The average Bonchev–Trinajstić information content (AvgIpc) is 2.49. The summed E-state index contributed by atoms with van der Waals surface area (Å²) < 4.78 is 0. The minimum atomic E-state index is -0.466. The van der Waals surface area contributed by atoms with Crippen LogP contribution in [0.4, 0.5) is 0 Å². The van der Waals surface area contributed by atoms with Crippen molar-refractivity contribution in [1.82, 2.24) is 0 Å². The molecule has 0 aliphatic rings. The second-order valence-corrected chi connectivity index (χ2v) is 3.39. The van der Waals surface area contributed by atoms with Gasteiger partial charge in [0, 0.05) is 11.1 Å². The van der Waals surface area contributed by atoms with Crippen molar-refractivity contribution in [1.29, 1.82) is 0 Å². The van der Waals surface area contributed by atoms with E-state index in [-0.39, 0.29) is 0 Å². The van der Waals surface area contributed by atoms with Crippen molar-refractivity contribution in [2.75, 3.05) is 0 Å². The van der Waals surface area contributed by atoms with E-state index in [1.807, 2.05) is 12.1 Å². The highest BCUT2D eigenvalue weighted by atomic mass is 16.2. The van der Waals surface area contributed by atoms with E-state index in [1.54, 1.807) is 48.5 Å². The third-order valence-corrected chi connectivity index (χ3v) is 2.28. The molecule has 0 aromatic heterocycles. The molecule has 0 spiro atoms. The van der Waals surface area contributed by atoms with Gasteiger partial charge < -0.3 is 0 Å². The van der Waals surface area contributed by atoms with Gasteiger partial charge in [-0.3, -0.25) is 9.59 Å². The summed E-state index contributed by atoms with van der Waals surface area (Å²) in [5, 5.41) is 0. The van der Waals surface area contributed by atoms with E-state index < -0.39 is 11.6 Å². The van der Waals surface area contributed by atoms with Gasteiger partial charge in [0.05, 0.1) is 0 Å². The van der Waals surface area contributed by atoms with Crippen LogP contribution < -0.4 is 0 Å². The first-order valence-electron chi connectivity index (χ1n) is 5.48. The van der Waals surface area contributed by atoms with Crippen LogP contribution in [0.15, 0.2) is 73.8 Å². The van der Waals surface area contributed by atoms with E-state index in [1.165, 1.54) is 0 Å². The summed E-state index contributed by atoms with van der Waals surface area (Å²) in [5.41, 5.74) is 0.854. The highest BCUT2D eigenvalue weighted by Gasteiger charge is 2.16. The molecule has 0 aliphatic heterocycles. The van der Waals surface area contributed by atoms with Crippen LogP contribution in [0.3, 0.4) is 0 Å². The van der Waals surface area contributed by atoms with Gasteiger partial charge in [0.1, 0.15) is 0 Å². The first kappa shape index (κ1) is 13.6. The molecule has 2 aromatic carbocycles. The van der Waals surface area contributed by atoms with Gasteiger partial charge in [-0.1, -0.05) is 60.7 Å². The number of ketones is 2. The summed E-state index contributed by atoms with van der Waals surface area (Å²) in [7, 11) is 0. The van der Waals surface area contributed by atoms with Gasteiger partial charge in [-0.25, -0.2) is 0 Å². The Labute approximate surface area is 107 Å². The fourth-order valence-corrected chi connectivity index (χ4v) is 1.44. The summed E-state index contributed by atoms with van der Waals surface area (Å²) in [5.74, 6) is -0.932. The number of hydrogen-bond acceptors (Lipinski definition) is 2. The van der Waals surface area contributed by atoms with Gasteiger partial charge in [-0.15, -0.1) is 13.2 Å². The lowest BCUT2D eigenvalue weighted by atomic mass is 10.0. The molecule has 0 atom stereocenters. The SMILES string of the molecule is C=C.O=C(C(=O)c1ccccc1)c1ccccc1. The molecule has 0 radical (unpaired) electrons. The largest absolute Gasteiger partial charge is 0.285 e. The van der Waals surface area contributed by atoms with Crippen LogP contribution >= 0.6 is 0 Å². The Morgan fingerprint density at radius 3 is 1.17 bits per heavy atom. The van der Waals surface area contributed by atoms with Crippen molar-refractivity contribution < 1.29 is 9.59 Å². The van der Waals surface area contributed by atoms with Crippen LogP contribution in [-0.2, 0) is 0 Å². The molecule has 0 aliphatic carbocycles. The molecule has 2 heteroatoms. The summed E-state index contributed by atoms with van der Waals surface area (Å²) in [6.07, 6.45) is 0. The maximum atomic E-state index is 11.8. The molecule has 18 heavy (non-hydrogen) atoms. The first-order chi connectivity index (χ1) is 8.79. The highest BCUT2D eigenvalue weighted by Crippen LogP contribution is 2.07. The molecular formula is C16H14O2. The number of benzene rings is 2. The highest BCUT2D eigenvalue weighted by molar-refractivity contribution is 6.49. The van der Waals surface area contributed by atoms with E-state index in [9.17, 15) is 9.59 Å². The topological polar surface area (TPSA) is 34.1 Å². The molecule has 0 fully saturated rings. The van der Waals surface area contributed by atoms with Crippen LogP contribution in [-0.4, -0.2) is 11.6 Å². The predicted octanol–water partition coefficient (Wildman–Crippen LogP) is 3.55. The Kier molecular flexibility index (Phi) is 5.26. The van der Waals surface area contributed by atoms with Gasteiger partial charge in [0.15, 0.2) is 0 Å². The zero-order chi connectivity index (χ0) is 13.4. The number of rotatable bonds is 3. The van der Waals surface area contributed by atoms with E-state index in [0.29, 0.717) is 11.1 Å². The van der Waals surface area contributed by atoms with Crippen molar-refractivity contribution in [2.24, 2.45) is 0 Å². The third-order valence-electron chi connectivity index (χ3n) is 2.28. The Morgan fingerprint density at radius 1 is 0.611 bits per heavy atom. The summed E-state index contributed by atoms with van der Waals surface area (Å²) in [6, 6.07) is 17.2.